The molecule has 0 bridgehead atoms. The number of hydrogen-bond donors (Lipinski definition) is 2. The molecule has 3 nitrogen and oxygen atoms in total. The standard InChI is InChI=1S/C15H23NO2.BrH/c1-16(2)15(11-6-5-7-12(17)10-11)13-8-3-4-9-14(13)18;/h5-7,10,13-15,17-18H,3-4,8-9H2,1-2H3;1H/t13-,14+,15-;/m0./s1. The van der Waals surface area contributed by atoms with Gasteiger partial charge >= 0.3 is 0 Å². The maximum Gasteiger partial charge on any atom is 0.115 e. The zero-order valence-corrected chi connectivity index (χ0v) is 13.3. The second-order valence-corrected chi connectivity index (χ2v) is 5.52. The predicted molar refractivity (Wildman–Crippen MR) is 82.8 cm³/mol. The van der Waals surface area contributed by atoms with Gasteiger partial charge in [0.15, 0.2) is 0 Å². The third-order valence-electron chi connectivity index (χ3n) is 3.96. The number of phenolic OH excluding ortho intramolecular Hbond substituents is 1. The van der Waals surface area contributed by atoms with Gasteiger partial charge in [0, 0.05) is 12.0 Å². The Labute approximate surface area is 126 Å². The van der Waals surface area contributed by atoms with Crippen molar-refractivity contribution in [1.82, 2.24) is 4.90 Å². The van der Waals surface area contributed by atoms with Crippen LogP contribution in [-0.2, 0) is 0 Å². The van der Waals surface area contributed by atoms with Crippen LogP contribution < -0.4 is 0 Å². The maximum atomic E-state index is 10.2. The monoisotopic (exact) mass is 329 g/mol. The lowest BCUT2D eigenvalue weighted by atomic mass is 9.78. The molecule has 1 aromatic carbocycles. The van der Waals surface area contributed by atoms with Crippen LogP contribution in [0.15, 0.2) is 24.3 Å². The third-order valence-corrected chi connectivity index (χ3v) is 3.96. The molecule has 2 N–H and O–H groups in total. The molecular formula is C15H24BrNO2. The van der Waals surface area contributed by atoms with Crippen LogP contribution in [0.25, 0.3) is 0 Å². The Hall–Kier alpha value is -0.580. The fourth-order valence-electron chi connectivity index (χ4n) is 3.15. The number of benzene rings is 1. The zero-order valence-electron chi connectivity index (χ0n) is 11.6. The van der Waals surface area contributed by atoms with Crippen LogP contribution in [0.3, 0.4) is 0 Å². The summed E-state index contributed by atoms with van der Waals surface area (Å²) in [6.07, 6.45) is 4.03. The molecule has 3 atom stereocenters. The minimum absolute atomic E-state index is 0. The molecule has 0 spiro atoms. The Morgan fingerprint density at radius 1 is 1.21 bits per heavy atom. The summed E-state index contributed by atoms with van der Waals surface area (Å²) in [4.78, 5) is 2.15. The average Bonchev–Trinajstić information content (AvgIpc) is 2.32. The highest BCUT2D eigenvalue weighted by Gasteiger charge is 2.32. The Balaban J connectivity index is 0.00000180. The molecule has 108 valence electrons. The van der Waals surface area contributed by atoms with E-state index in [0.717, 1.165) is 24.8 Å². The lowest BCUT2D eigenvalue weighted by Crippen LogP contribution is -2.36. The summed E-state index contributed by atoms with van der Waals surface area (Å²) >= 11 is 0. The lowest BCUT2D eigenvalue weighted by molar-refractivity contribution is 0.0220. The summed E-state index contributed by atoms with van der Waals surface area (Å²) in [6.45, 7) is 0. The van der Waals surface area contributed by atoms with E-state index in [-0.39, 0.29) is 35.0 Å². The van der Waals surface area contributed by atoms with Crippen molar-refractivity contribution in [1.29, 1.82) is 0 Å². The molecule has 19 heavy (non-hydrogen) atoms. The smallest absolute Gasteiger partial charge is 0.115 e. The summed E-state index contributed by atoms with van der Waals surface area (Å²) in [5.74, 6) is 0.556. The molecule has 4 heteroatoms. The van der Waals surface area contributed by atoms with E-state index in [2.05, 4.69) is 4.90 Å². The molecule has 0 radical (unpaired) electrons. The van der Waals surface area contributed by atoms with E-state index >= 15 is 0 Å². The van der Waals surface area contributed by atoms with Crippen LogP contribution in [0.1, 0.15) is 37.3 Å². The summed E-state index contributed by atoms with van der Waals surface area (Å²) in [5, 5.41) is 19.9. The van der Waals surface area contributed by atoms with E-state index in [9.17, 15) is 10.2 Å². The van der Waals surface area contributed by atoms with Gasteiger partial charge in [-0.25, -0.2) is 0 Å². The summed E-state index contributed by atoms with van der Waals surface area (Å²) in [7, 11) is 4.08. The first-order valence-corrected chi connectivity index (χ1v) is 6.73. The molecule has 0 amide bonds. The summed E-state index contributed by atoms with van der Waals surface area (Å²) < 4.78 is 0. The number of phenols is 1. The van der Waals surface area contributed by atoms with Crippen molar-refractivity contribution in [3.63, 3.8) is 0 Å². The average molecular weight is 330 g/mol. The van der Waals surface area contributed by atoms with Crippen molar-refractivity contribution in [2.45, 2.75) is 37.8 Å². The van der Waals surface area contributed by atoms with Crippen LogP contribution in [0, 0.1) is 5.92 Å². The first-order chi connectivity index (χ1) is 8.59. The molecule has 1 aliphatic carbocycles. The normalized spacial score (nSPS) is 24.8. The van der Waals surface area contributed by atoms with Gasteiger partial charge in [0.2, 0.25) is 0 Å². The van der Waals surface area contributed by atoms with Gasteiger partial charge < -0.3 is 15.1 Å². The molecule has 1 saturated carbocycles. The first kappa shape index (κ1) is 16.5. The Kier molecular flexibility index (Phi) is 6.30. The van der Waals surface area contributed by atoms with E-state index in [4.69, 9.17) is 0 Å². The Morgan fingerprint density at radius 3 is 2.47 bits per heavy atom. The number of nitrogens with zero attached hydrogens (tertiary/aromatic N) is 1. The molecule has 2 rings (SSSR count). The zero-order chi connectivity index (χ0) is 13.1. The van der Waals surface area contributed by atoms with Gasteiger partial charge in [-0.1, -0.05) is 25.0 Å². The fourth-order valence-corrected chi connectivity index (χ4v) is 3.15. The molecule has 1 aliphatic rings. The molecule has 0 saturated heterocycles. The fraction of sp³-hybridized carbons (Fsp3) is 0.600. The van der Waals surface area contributed by atoms with E-state index in [1.54, 1.807) is 6.07 Å². The van der Waals surface area contributed by atoms with Crippen molar-refractivity contribution in [2.75, 3.05) is 14.1 Å². The lowest BCUT2D eigenvalue weighted by Gasteiger charge is -2.38. The van der Waals surface area contributed by atoms with E-state index in [0.29, 0.717) is 5.75 Å². The number of aromatic hydroxyl groups is 1. The molecule has 0 unspecified atom stereocenters. The highest BCUT2D eigenvalue weighted by atomic mass is 79.9. The van der Waals surface area contributed by atoms with Crippen molar-refractivity contribution >= 4 is 17.0 Å². The number of rotatable bonds is 3. The number of aliphatic hydroxyl groups excluding tert-OH is 1. The maximum absolute atomic E-state index is 10.2. The largest absolute Gasteiger partial charge is 0.508 e. The van der Waals surface area contributed by atoms with Crippen LogP contribution in [0.4, 0.5) is 0 Å². The first-order valence-electron chi connectivity index (χ1n) is 6.73. The quantitative estimate of drug-likeness (QED) is 0.895. The predicted octanol–water partition coefficient (Wildman–Crippen LogP) is 3.12. The van der Waals surface area contributed by atoms with E-state index < -0.39 is 0 Å². The molecule has 0 heterocycles. The SMILES string of the molecule is Br.CN(C)[C@@H](c1cccc(O)c1)[C@H]1CCCC[C@H]1O. The molecule has 0 aliphatic heterocycles. The van der Waals surface area contributed by atoms with Gasteiger partial charge in [0.1, 0.15) is 5.75 Å². The highest BCUT2D eigenvalue weighted by molar-refractivity contribution is 8.93. The highest BCUT2D eigenvalue weighted by Crippen LogP contribution is 2.38. The second-order valence-electron chi connectivity index (χ2n) is 5.52. The minimum Gasteiger partial charge on any atom is -0.508 e. The van der Waals surface area contributed by atoms with Crippen LogP contribution in [-0.4, -0.2) is 35.3 Å². The van der Waals surface area contributed by atoms with Gasteiger partial charge in [-0.3, -0.25) is 0 Å². The van der Waals surface area contributed by atoms with Crippen LogP contribution in [0.2, 0.25) is 0 Å². The van der Waals surface area contributed by atoms with Crippen molar-refractivity contribution < 1.29 is 10.2 Å². The van der Waals surface area contributed by atoms with Crippen LogP contribution in [0.5, 0.6) is 5.75 Å². The Morgan fingerprint density at radius 2 is 1.89 bits per heavy atom. The van der Waals surface area contributed by atoms with Gasteiger partial charge in [0.25, 0.3) is 0 Å². The van der Waals surface area contributed by atoms with Gasteiger partial charge in [-0.2, -0.15) is 0 Å². The van der Waals surface area contributed by atoms with E-state index in [1.165, 1.54) is 6.42 Å². The van der Waals surface area contributed by atoms with Gasteiger partial charge in [-0.05, 0) is 44.6 Å². The van der Waals surface area contributed by atoms with E-state index in [1.807, 2.05) is 32.3 Å². The van der Waals surface area contributed by atoms with Crippen molar-refractivity contribution in [3.05, 3.63) is 29.8 Å². The number of hydrogen-bond acceptors (Lipinski definition) is 3. The number of halogens is 1. The number of aliphatic hydroxyl groups is 1. The molecular weight excluding hydrogens is 306 g/mol. The van der Waals surface area contributed by atoms with Gasteiger partial charge in [0.05, 0.1) is 6.10 Å². The molecule has 1 aromatic rings. The summed E-state index contributed by atoms with van der Waals surface area (Å²) in [5.41, 5.74) is 1.09. The third kappa shape index (κ3) is 3.94. The summed E-state index contributed by atoms with van der Waals surface area (Å²) in [6, 6.07) is 7.58. The Bertz CT molecular complexity index is 397. The molecule has 1 fully saturated rings. The minimum atomic E-state index is -0.228. The topological polar surface area (TPSA) is 43.7 Å². The van der Waals surface area contributed by atoms with Crippen molar-refractivity contribution in [3.8, 4) is 5.75 Å². The molecule has 0 aromatic heterocycles. The van der Waals surface area contributed by atoms with Crippen molar-refractivity contribution in [2.24, 2.45) is 5.92 Å². The second kappa shape index (κ2) is 7.27. The van der Waals surface area contributed by atoms with Gasteiger partial charge in [-0.15, -0.1) is 17.0 Å². The van der Waals surface area contributed by atoms with Crippen LogP contribution >= 0.6 is 17.0 Å².